The van der Waals surface area contributed by atoms with E-state index in [9.17, 15) is 0 Å². The highest BCUT2D eigenvalue weighted by Crippen LogP contribution is 2.31. The van der Waals surface area contributed by atoms with Gasteiger partial charge in [0, 0.05) is 25.9 Å². The Kier molecular flexibility index (Phi) is 7.21. The van der Waals surface area contributed by atoms with Gasteiger partial charge in [-0.3, -0.25) is 0 Å². The second kappa shape index (κ2) is 9.27. The lowest BCUT2D eigenvalue weighted by Crippen LogP contribution is -2.50. The van der Waals surface area contributed by atoms with Gasteiger partial charge in [0.1, 0.15) is 11.5 Å². The minimum absolute atomic E-state index is 0.153. The largest absolute Gasteiger partial charge is 0.457 e. The molecular weight excluding hydrogens is 580 g/mol. The Morgan fingerprint density at radius 3 is 2.71 bits per heavy atom. The summed E-state index contributed by atoms with van der Waals surface area (Å²) >= 11 is 4.64. The minimum atomic E-state index is -0.543. The smallest absolute Gasteiger partial charge is 0.170 e. The average Bonchev–Trinajstić information content (AvgIpc) is 2.62. The van der Waals surface area contributed by atoms with Crippen LogP contribution in [0.2, 0.25) is 0 Å². The van der Waals surface area contributed by atoms with Crippen molar-refractivity contribution < 1.29 is 9.47 Å². The molecule has 2 aromatic carbocycles. The van der Waals surface area contributed by atoms with Crippen molar-refractivity contribution >= 4 is 57.2 Å². The zero-order chi connectivity index (χ0) is 20.3. The zero-order valence-corrected chi connectivity index (χ0v) is 20.8. The highest BCUT2D eigenvalue weighted by molar-refractivity contribution is 14.1. The van der Waals surface area contributed by atoms with E-state index in [2.05, 4.69) is 92.0 Å². The number of rotatable bonds is 5. The Balaban J connectivity index is 1.71. The third-order valence-electron chi connectivity index (χ3n) is 4.54. The summed E-state index contributed by atoms with van der Waals surface area (Å²) in [4.78, 5) is 4.59. The Morgan fingerprint density at radius 1 is 1.21 bits per heavy atom. The van der Waals surface area contributed by atoms with Crippen LogP contribution in [0.4, 0.5) is 5.69 Å². The van der Waals surface area contributed by atoms with E-state index in [1.807, 2.05) is 26.8 Å². The van der Waals surface area contributed by atoms with E-state index in [0.29, 0.717) is 6.54 Å². The van der Waals surface area contributed by atoms with Gasteiger partial charge in [-0.15, -0.1) is 0 Å². The first-order valence-corrected chi connectivity index (χ1v) is 11.3. The molecule has 7 heteroatoms. The van der Waals surface area contributed by atoms with Crippen LogP contribution in [0.1, 0.15) is 25.0 Å². The van der Waals surface area contributed by atoms with Gasteiger partial charge >= 0.3 is 0 Å². The number of nitrogens with one attached hydrogen (secondary N) is 2. The molecule has 3 rings (SSSR count). The molecule has 0 amide bonds. The molecule has 2 atom stereocenters. The van der Waals surface area contributed by atoms with E-state index < -0.39 is 5.72 Å². The van der Waals surface area contributed by atoms with Gasteiger partial charge in [0.25, 0.3) is 0 Å². The Bertz CT molecular complexity index is 888. The molecule has 0 aliphatic carbocycles. The Morgan fingerprint density at radius 2 is 2.00 bits per heavy atom. The van der Waals surface area contributed by atoms with Gasteiger partial charge in [-0.25, -0.2) is 4.99 Å². The summed E-state index contributed by atoms with van der Waals surface area (Å²) in [5.74, 6) is 1.70. The molecule has 2 N–H and O–H groups in total. The quantitative estimate of drug-likeness (QED) is 0.270. The number of anilines is 1. The molecule has 1 fully saturated rings. The van der Waals surface area contributed by atoms with E-state index in [4.69, 9.17) is 9.47 Å². The van der Waals surface area contributed by atoms with Crippen LogP contribution < -0.4 is 15.4 Å². The van der Waals surface area contributed by atoms with Gasteiger partial charge in [-0.1, -0.05) is 0 Å². The van der Waals surface area contributed by atoms with Crippen molar-refractivity contribution in [2.45, 2.75) is 39.5 Å². The van der Waals surface area contributed by atoms with E-state index in [-0.39, 0.29) is 6.10 Å². The van der Waals surface area contributed by atoms with E-state index in [1.165, 1.54) is 7.14 Å². The average molecular weight is 605 g/mol. The van der Waals surface area contributed by atoms with Crippen LogP contribution >= 0.6 is 45.2 Å². The van der Waals surface area contributed by atoms with Crippen LogP contribution in [0.5, 0.6) is 11.5 Å². The normalized spacial score (nSPS) is 22.4. The van der Waals surface area contributed by atoms with E-state index >= 15 is 0 Å². The zero-order valence-electron chi connectivity index (χ0n) is 16.5. The molecule has 2 aromatic rings. The van der Waals surface area contributed by atoms with Crippen LogP contribution in [-0.4, -0.2) is 31.3 Å². The first kappa shape index (κ1) is 21.8. The highest BCUT2D eigenvalue weighted by atomic mass is 127. The Labute approximate surface area is 194 Å². The van der Waals surface area contributed by atoms with Crippen LogP contribution in [-0.2, 0) is 4.74 Å². The number of halogens is 2. The van der Waals surface area contributed by atoms with E-state index in [1.54, 1.807) is 6.34 Å². The predicted molar refractivity (Wildman–Crippen MR) is 132 cm³/mol. The summed E-state index contributed by atoms with van der Waals surface area (Å²) in [6.45, 7) is 9.71. The van der Waals surface area contributed by atoms with Crippen molar-refractivity contribution in [2.24, 2.45) is 4.99 Å². The molecular formula is C21H25I2N3O2. The molecule has 0 radical (unpaired) electrons. The number of nitrogens with zero attached hydrogens (tertiary/aromatic N) is 1. The topological polar surface area (TPSA) is 54.9 Å². The van der Waals surface area contributed by atoms with Crippen molar-refractivity contribution in [2.75, 3.05) is 18.4 Å². The molecule has 150 valence electrons. The lowest BCUT2D eigenvalue weighted by molar-refractivity contribution is -0.0910. The van der Waals surface area contributed by atoms with Crippen molar-refractivity contribution in [3.05, 3.63) is 48.6 Å². The fourth-order valence-corrected chi connectivity index (χ4v) is 3.88. The van der Waals surface area contributed by atoms with Crippen LogP contribution in [0.25, 0.3) is 0 Å². The van der Waals surface area contributed by atoms with Gasteiger partial charge < -0.3 is 20.1 Å². The monoisotopic (exact) mass is 605 g/mol. The molecule has 5 nitrogen and oxygen atoms in total. The molecule has 1 heterocycles. The molecule has 0 spiro atoms. The fourth-order valence-electron chi connectivity index (χ4n) is 3.06. The Hall–Kier alpha value is -0.910. The molecule has 0 bridgehead atoms. The van der Waals surface area contributed by atoms with Crippen LogP contribution in [0.15, 0.2) is 35.3 Å². The van der Waals surface area contributed by atoms with Gasteiger partial charge in [-0.2, -0.15) is 0 Å². The van der Waals surface area contributed by atoms with Gasteiger partial charge in [0.2, 0.25) is 0 Å². The number of morpholine rings is 1. The van der Waals surface area contributed by atoms with Gasteiger partial charge in [0.05, 0.1) is 12.4 Å². The number of hydrogen-bond acceptors (Lipinski definition) is 4. The first-order valence-electron chi connectivity index (χ1n) is 9.19. The second-order valence-electron chi connectivity index (χ2n) is 7.25. The second-order valence-corrected chi connectivity index (χ2v) is 9.57. The fraction of sp³-hybridized carbons (Fsp3) is 0.381. The number of benzene rings is 2. The number of aliphatic imine (C=N–C) groups is 1. The lowest BCUT2D eigenvalue weighted by Gasteiger charge is -2.34. The summed E-state index contributed by atoms with van der Waals surface area (Å²) < 4.78 is 14.5. The first-order chi connectivity index (χ1) is 13.3. The third-order valence-corrected chi connectivity index (χ3v) is 7.40. The molecule has 28 heavy (non-hydrogen) atoms. The summed E-state index contributed by atoms with van der Waals surface area (Å²) in [7, 11) is 0. The molecule has 0 aromatic heterocycles. The summed E-state index contributed by atoms with van der Waals surface area (Å²) in [5, 5.41) is 6.64. The minimum Gasteiger partial charge on any atom is -0.457 e. The molecule has 1 saturated heterocycles. The predicted octanol–water partition coefficient (Wildman–Crippen LogP) is 5.47. The molecule has 1 aliphatic rings. The lowest BCUT2D eigenvalue weighted by atomic mass is 10.1. The van der Waals surface area contributed by atoms with Crippen molar-refractivity contribution in [3.8, 4) is 11.5 Å². The summed E-state index contributed by atoms with van der Waals surface area (Å²) in [6, 6.07) is 10.3. The number of hydrogen-bond donors (Lipinski definition) is 2. The maximum absolute atomic E-state index is 6.11. The SMILES string of the molecule is Cc1cc(Oc2ccc(I)c(I)c2)c(C)cc1NC=NC1(C)CNCC(C)O1. The highest BCUT2D eigenvalue weighted by Gasteiger charge is 2.29. The van der Waals surface area contributed by atoms with Gasteiger partial charge in [-0.05, 0) is 114 Å². The van der Waals surface area contributed by atoms with Crippen molar-refractivity contribution in [1.29, 1.82) is 0 Å². The van der Waals surface area contributed by atoms with Crippen LogP contribution in [0, 0.1) is 21.0 Å². The molecule has 0 saturated carbocycles. The van der Waals surface area contributed by atoms with Crippen molar-refractivity contribution in [1.82, 2.24) is 5.32 Å². The van der Waals surface area contributed by atoms with Gasteiger partial charge in [0.15, 0.2) is 5.72 Å². The maximum atomic E-state index is 6.11. The van der Waals surface area contributed by atoms with E-state index in [0.717, 1.165) is 34.9 Å². The number of aryl methyl sites for hydroxylation is 2. The standard InChI is InChI=1S/C21H25I2N3O2/c1-13-8-20(27-16-5-6-17(22)18(23)9-16)14(2)7-19(13)25-12-26-21(4)11-24-10-15(3)28-21/h5-9,12,15,24H,10-11H2,1-4H3,(H,25,26). The van der Waals surface area contributed by atoms with Crippen molar-refractivity contribution in [3.63, 3.8) is 0 Å². The maximum Gasteiger partial charge on any atom is 0.170 e. The molecule has 2 unspecified atom stereocenters. The number of ether oxygens (including phenoxy) is 2. The van der Waals surface area contributed by atoms with Crippen LogP contribution in [0.3, 0.4) is 0 Å². The summed E-state index contributed by atoms with van der Waals surface area (Å²) in [6.07, 6.45) is 1.88. The third kappa shape index (κ3) is 5.58. The summed E-state index contributed by atoms with van der Waals surface area (Å²) in [5.41, 5.74) is 2.61. The molecule has 1 aliphatic heterocycles.